The lowest BCUT2D eigenvalue weighted by Crippen LogP contribution is -2.61. The Morgan fingerprint density at radius 1 is 1.17 bits per heavy atom. The fraction of sp³-hybridized carbons (Fsp3) is 0.571. The van der Waals surface area contributed by atoms with Crippen molar-refractivity contribution in [3.63, 3.8) is 0 Å². The van der Waals surface area contributed by atoms with Gasteiger partial charge >= 0.3 is 0 Å². The van der Waals surface area contributed by atoms with Gasteiger partial charge in [0.25, 0.3) is 0 Å². The van der Waals surface area contributed by atoms with Crippen LogP contribution in [0.25, 0.3) is 0 Å². The zero-order valence-electron chi connectivity index (χ0n) is 16.9. The van der Waals surface area contributed by atoms with Crippen LogP contribution in [0.5, 0.6) is 0 Å². The van der Waals surface area contributed by atoms with Crippen LogP contribution < -0.4 is 16.0 Å². The number of likely N-dealkylation sites (tertiary alicyclic amines) is 1. The summed E-state index contributed by atoms with van der Waals surface area (Å²) in [5.74, 6) is -1.14. The van der Waals surface area contributed by atoms with Gasteiger partial charge in [0, 0.05) is 24.7 Å². The Hall–Kier alpha value is -2.23. The van der Waals surface area contributed by atoms with Crippen molar-refractivity contribution in [1.82, 2.24) is 10.2 Å². The number of anilines is 1. The third kappa shape index (κ3) is 3.66. The smallest absolute Gasteiger partial charge is 0.227 e. The Balaban J connectivity index is 1.61. The summed E-state index contributed by atoms with van der Waals surface area (Å²) < 4.78 is 0. The average molecular weight is 433 g/mol. The van der Waals surface area contributed by atoms with Crippen molar-refractivity contribution in [3.8, 4) is 0 Å². The summed E-state index contributed by atoms with van der Waals surface area (Å²) in [6, 6.07) is 6.90. The Bertz CT molecular complexity index is 840. The van der Waals surface area contributed by atoms with Crippen LogP contribution in [0.3, 0.4) is 0 Å². The maximum atomic E-state index is 13.5. The summed E-state index contributed by atoms with van der Waals surface area (Å²) in [5, 5.41) is 24.6. The summed E-state index contributed by atoms with van der Waals surface area (Å²) in [6.07, 6.45) is -0.787. The molecule has 5 N–H and O–H groups in total. The molecule has 3 aliphatic rings. The molecule has 30 heavy (non-hydrogen) atoms. The van der Waals surface area contributed by atoms with Crippen molar-refractivity contribution in [1.29, 1.82) is 0 Å². The molecule has 5 unspecified atom stereocenters. The minimum Gasteiger partial charge on any atom is -0.390 e. The second kappa shape index (κ2) is 8.13. The molecule has 5 atom stereocenters. The van der Waals surface area contributed by atoms with Crippen LogP contribution in [0.2, 0.25) is 0 Å². The molecule has 0 spiro atoms. The van der Waals surface area contributed by atoms with Crippen molar-refractivity contribution >= 4 is 34.8 Å². The molecule has 0 radical (unpaired) electrons. The molecular weight excluding hydrogens is 404 g/mol. The van der Waals surface area contributed by atoms with E-state index in [2.05, 4.69) is 5.32 Å². The molecule has 9 heteroatoms. The zero-order valence-corrected chi connectivity index (χ0v) is 17.7. The molecule has 2 amide bonds. The van der Waals surface area contributed by atoms with Gasteiger partial charge in [0.15, 0.2) is 5.11 Å². The summed E-state index contributed by atoms with van der Waals surface area (Å²) in [7, 11) is 0. The Morgan fingerprint density at radius 2 is 1.80 bits per heavy atom. The first-order valence-corrected chi connectivity index (χ1v) is 10.8. The minimum atomic E-state index is -1.02. The van der Waals surface area contributed by atoms with Crippen molar-refractivity contribution in [3.05, 3.63) is 29.8 Å². The molecule has 2 saturated heterocycles. The number of amides is 2. The fourth-order valence-corrected chi connectivity index (χ4v) is 5.31. The number of thiocarbonyl (C=S) groups is 1. The van der Waals surface area contributed by atoms with Gasteiger partial charge in [-0.05, 0) is 50.5 Å². The van der Waals surface area contributed by atoms with E-state index in [9.17, 15) is 19.8 Å². The number of hydrogen-bond acceptors (Lipinski definition) is 5. The monoisotopic (exact) mass is 432 g/mol. The lowest BCUT2D eigenvalue weighted by Gasteiger charge is -2.44. The molecular formula is C21H28N4O4S. The number of aliphatic hydroxyl groups is 2. The van der Waals surface area contributed by atoms with Crippen molar-refractivity contribution in [2.24, 2.45) is 17.6 Å². The molecule has 0 aromatic heterocycles. The third-order valence-corrected chi connectivity index (χ3v) is 7.00. The lowest BCUT2D eigenvalue weighted by molar-refractivity contribution is -0.144. The number of hydrogen-bond donors (Lipinski definition) is 4. The standard InChI is InChI=1S/C21H28N4O4S/c1-11-2-4-13(5-3-11)25-17-14(10-15(26)18(27)16(17)23-21(25)30)20(29)24-8-6-12(7-9-24)19(22)28/h2-5,12,14-18,26-27H,6-10H2,1H3,(H2,22,28)(H,23,30). The van der Waals surface area contributed by atoms with Gasteiger partial charge in [0.05, 0.1) is 24.1 Å². The number of piperidine rings is 1. The first-order valence-electron chi connectivity index (χ1n) is 10.4. The number of carbonyl (C=O) groups is 2. The van der Waals surface area contributed by atoms with Crippen molar-refractivity contribution < 1.29 is 19.8 Å². The molecule has 0 bridgehead atoms. The highest BCUT2D eigenvalue weighted by Crippen LogP contribution is 2.38. The van der Waals surface area contributed by atoms with E-state index in [0.29, 0.717) is 31.0 Å². The number of primary amides is 1. The average Bonchev–Trinajstić information content (AvgIpc) is 3.08. The quantitative estimate of drug-likeness (QED) is 0.492. The van der Waals surface area contributed by atoms with Gasteiger partial charge in [-0.3, -0.25) is 9.59 Å². The first kappa shape index (κ1) is 21.0. The topological polar surface area (TPSA) is 119 Å². The highest BCUT2D eigenvalue weighted by molar-refractivity contribution is 7.80. The number of aryl methyl sites for hydroxylation is 1. The number of nitrogens with one attached hydrogen (secondary N) is 1. The van der Waals surface area contributed by atoms with Crippen LogP contribution in [0.4, 0.5) is 5.69 Å². The normalized spacial score (nSPS) is 32.0. The van der Waals surface area contributed by atoms with Crippen LogP contribution in [-0.4, -0.2) is 69.4 Å². The van der Waals surface area contributed by atoms with E-state index in [1.165, 1.54) is 0 Å². The van der Waals surface area contributed by atoms with Gasteiger partial charge in [0.1, 0.15) is 6.10 Å². The van der Waals surface area contributed by atoms with E-state index in [4.69, 9.17) is 18.0 Å². The third-order valence-electron chi connectivity index (χ3n) is 6.68. The molecule has 2 aliphatic heterocycles. The number of benzene rings is 1. The number of rotatable bonds is 3. The van der Waals surface area contributed by atoms with Crippen LogP contribution in [-0.2, 0) is 9.59 Å². The van der Waals surface area contributed by atoms with E-state index in [1.54, 1.807) is 4.90 Å². The molecule has 162 valence electrons. The SMILES string of the molecule is Cc1ccc(N2C(=S)NC3C(O)C(O)CC(C(=O)N4CCC(C(N)=O)CC4)C32)cc1. The Labute approximate surface area is 181 Å². The first-order chi connectivity index (χ1) is 14.3. The van der Waals surface area contributed by atoms with Gasteiger partial charge in [-0.1, -0.05) is 17.7 Å². The van der Waals surface area contributed by atoms with Crippen LogP contribution >= 0.6 is 12.2 Å². The number of carbonyl (C=O) groups excluding carboxylic acids is 2. The number of aliphatic hydroxyl groups excluding tert-OH is 2. The molecule has 3 fully saturated rings. The molecule has 1 aromatic carbocycles. The molecule has 4 rings (SSSR count). The van der Waals surface area contributed by atoms with Crippen molar-refractivity contribution in [2.45, 2.75) is 50.5 Å². The minimum absolute atomic E-state index is 0.0810. The molecule has 1 saturated carbocycles. The van der Waals surface area contributed by atoms with Gasteiger partial charge in [-0.15, -0.1) is 0 Å². The highest BCUT2D eigenvalue weighted by Gasteiger charge is 2.54. The maximum Gasteiger partial charge on any atom is 0.227 e. The zero-order chi connectivity index (χ0) is 21.6. The number of nitrogens with two attached hydrogens (primary N) is 1. The maximum absolute atomic E-state index is 13.5. The van der Waals surface area contributed by atoms with Gasteiger partial charge in [-0.25, -0.2) is 0 Å². The Morgan fingerprint density at radius 3 is 2.40 bits per heavy atom. The summed E-state index contributed by atoms with van der Waals surface area (Å²) in [6.45, 7) is 2.92. The number of fused-ring (bicyclic) bond motifs is 1. The largest absolute Gasteiger partial charge is 0.390 e. The molecule has 1 aromatic rings. The fourth-order valence-electron chi connectivity index (χ4n) is 4.95. The second-order valence-electron chi connectivity index (χ2n) is 8.57. The van der Waals surface area contributed by atoms with E-state index in [1.807, 2.05) is 36.1 Å². The van der Waals surface area contributed by atoms with E-state index in [-0.39, 0.29) is 24.2 Å². The summed E-state index contributed by atoms with van der Waals surface area (Å²) >= 11 is 5.55. The van der Waals surface area contributed by atoms with Gasteiger partial charge in [0.2, 0.25) is 11.8 Å². The highest BCUT2D eigenvalue weighted by atomic mass is 32.1. The van der Waals surface area contributed by atoms with Crippen LogP contribution in [0.15, 0.2) is 24.3 Å². The van der Waals surface area contributed by atoms with Crippen molar-refractivity contribution in [2.75, 3.05) is 18.0 Å². The van der Waals surface area contributed by atoms with Gasteiger partial charge in [-0.2, -0.15) is 0 Å². The lowest BCUT2D eigenvalue weighted by atomic mass is 9.76. The molecule has 1 aliphatic carbocycles. The van der Waals surface area contributed by atoms with Gasteiger partial charge < -0.3 is 31.1 Å². The molecule has 8 nitrogen and oxygen atoms in total. The summed E-state index contributed by atoms with van der Waals surface area (Å²) in [4.78, 5) is 28.6. The summed E-state index contributed by atoms with van der Waals surface area (Å²) in [5.41, 5.74) is 7.37. The van der Waals surface area contributed by atoms with E-state index < -0.39 is 30.2 Å². The predicted molar refractivity (Wildman–Crippen MR) is 116 cm³/mol. The predicted octanol–water partition coefficient (Wildman–Crippen LogP) is -0.108. The molecule has 2 heterocycles. The van der Waals surface area contributed by atoms with Crippen LogP contribution in [0, 0.1) is 18.8 Å². The Kier molecular flexibility index (Phi) is 5.69. The van der Waals surface area contributed by atoms with Crippen LogP contribution in [0.1, 0.15) is 24.8 Å². The van der Waals surface area contributed by atoms with E-state index in [0.717, 1.165) is 11.3 Å². The second-order valence-corrected chi connectivity index (χ2v) is 8.96. The van der Waals surface area contributed by atoms with E-state index >= 15 is 0 Å². The number of nitrogens with zero attached hydrogens (tertiary/aromatic N) is 2.